The Morgan fingerprint density at radius 1 is 0.970 bits per heavy atom. The number of fused-ring (bicyclic) bond motifs is 1. The molecule has 0 aliphatic rings. The first kappa shape index (κ1) is 20.2. The minimum absolute atomic E-state index is 0.00856. The van der Waals surface area contributed by atoms with Crippen LogP contribution in [0.15, 0.2) is 96.1 Å². The van der Waals surface area contributed by atoms with Gasteiger partial charge in [-0.3, -0.25) is 9.59 Å². The lowest BCUT2D eigenvalue weighted by Gasteiger charge is -2.13. The van der Waals surface area contributed by atoms with Crippen molar-refractivity contribution in [2.24, 2.45) is 0 Å². The molecule has 162 valence electrons. The van der Waals surface area contributed by atoms with Gasteiger partial charge in [0.15, 0.2) is 11.4 Å². The van der Waals surface area contributed by atoms with Crippen LogP contribution in [-0.4, -0.2) is 32.2 Å². The predicted molar refractivity (Wildman–Crippen MR) is 125 cm³/mol. The number of carbonyl (C=O) groups is 1. The molecule has 5 rings (SSSR count). The summed E-state index contributed by atoms with van der Waals surface area (Å²) in [6, 6.07) is 23.3. The number of hydrogen-bond acceptors (Lipinski definition) is 5. The lowest BCUT2D eigenvalue weighted by molar-refractivity contribution is 0.101. The monoisotopic (exact) mass is 437 g/mol. The van der Waals surface area contributed by atoms with Crippen LogP contribution in [0.3, 0.4) is 0 Å². The third-order valence-corrected chi connectivity index (χ3v) is 5.15. The van der Waals surface area contributed by atoms with E-state index in [0.717, 1.165) is 11.2 Å². The largest absolute Gasteiger partial charge is 0.494 e. The number of hydrogen-bond donors (Lipinski definition) is 1. The van der Waals surface area contributed by atoms with E-state index < -0.39 is 11.5 Å². The Balaban J connectivity index is 1.54. The van der Waals surface area contributed by atoms with Gasteiger partial charge in [-0.25, -0.2) is 4.98 Å². The number of aromatic nitrogens is 4. The van der Waals surface area contributed by atoms with E-state index in [1.807, 2.05) is 59.3 Å². The molecule has 8 nitrogen and oxygen atoms in total. The van der Waals surface area contributed by atoms with Gasteiger partial charge in [0.2, 0.25) is 0 Å². The summed E-state index contributed by atoms with van der Waals surface area (Å²) < 4.78 is 8.36. The molecule has 0 atom stereocenters. The molecule has 8 heteroatoms. The van der Waals surface area contributed by atoms with E-state index >= 15 is 0 Å². The third-order valence-electron chi connectivity index (χ3n) is 5.15. The Labute approximate surface area is 188 Å². The number of ether oxygens (including phenoxy) is 1. The normalized spacial score (nSPS) is 10.8. The van der Waals surface area contributed by atoms with Crippen LogP contribution in [0, 0.1) is 0 Å². The molecule has 0 fully saturated rings. The molecule has 5 aromatic rings. The smallest absolute Gasteiger partial charge is 0.280 e. The summed E-state index contributed by atoms with van der Waals surface area (Å²) in [7, 11) is 1.39. The van der Waals surface area contributed by atoms with Crippen LogP contribution in [0.25, 0.3) is 22.6 Å². The van der Waals surface area contributed by atoms with Gasteiger partial charge in [-0.05, 0) is 30.3 Å². The highest BCUT2D eigenvalue weighted by Crippen LogP contribution is 2.28. The van der Waals surface area contributed by atoms with Crippen LogP contribution in [0.5, 0.6) is 5.75 Å². The van der Waals surface area contributed by atoms with E-state index in [-0.39, 0.29) is 11.4 Å². The number of para-hydroxylation sites is 2. The van der Waals surface area contributed by atoms with Crippen molar-refractivity contribution in [1.82, 2.24) is 19.2 Å². The number of benzene rings is 2. The Kier molecular flexibility index (Phi) is 5.16. The van der Waals surface area contributed by atoms with Crippen molar-refractivity contribution < 1.29 is 9.53 Å². The van der Waals surface area contributed by atoms with E-state index in [4.69, 9.17) is 4.74 Å². The van der Waals surface area contributed by atoms with E-state index in [0.29, 0.717) is 17.1 Å². The van der Waals surface area contributed by atoms with Gasteiger partial charge in [0, 0.05) is 18.0 Å². The third kappa shape index (κ3) is 3.85. The van der Waals surface area contributed by atoms with Gasteiger partial charge in [0.25, 0.3) is 11.5 Å². The lowest BCUT2D eigenvalue weighted by atomic mass is 10.1. The summed E-state index contributed by atoms with van der Waals surface area (Å²) in [5.74, 6) is -0.414. The van der Waals surface area contributed by atoms with Crippen LogP contribution < -0.4 is 15.6 Å². The van der Waals surface area contributed by atoms with Crippen LogP contribution in [0.4, 0.5) is 5.69 Å². The highest BCUT2D eigenvalue weighted by atomic mass is 16.5. The topological polar surface area (TPSA) is 90.5 Å². The van der Waals surface area contributed by atoms with Gasteiger partial charge in [0.1, 0.15) is 5.65 Å². The zero-order valence-corrected chi connectivity index (χ0v) is 17.7. The fourth-order valence-corrected chi connectivity index (χ4v) is 3.57. The SMILES string of the molecule is COc1cc(=O)n(-c2ccccc2)nc1C(=O)Nc1ccccc1-c1cn2ccccc2n1. The highest BCUT2D eigenvalue weighted by molar-refractivity contribution is 6.06. The summed E-state index contributed by atoms with van der Waals surface area (Å²) in [6.07, 6.45) is 3.81. The second-order valence-corrected chi connectivity index (χ2v) is 7.24. The molecule has 0 aliphatic carbocycles. The first-order chi connectivity index (χ1) is 16.1. The summed E-state index contributed by atoms with van der Waals surface area (Å²) in [4.78, 5) is 30.4. The quantitative estimate of drug-likeness (QED) is 0.452. The van der Waals surface area contributed by atoms with Crippen LogP contribution in [0.2, 0.25) is 0 Å². The van der Waals surface area contributed by atoms with Crippen molar-refractivity contribution >= 4 is 17.2 Å². The van der Waals surface area contributed by atoms with Crippen molar-refractivity contribution in [3.8, 4) is 22.7 Å². The van der Waals surface area contributed by atoms with Gasteiger partial charge in [-0.2, -0.15) is 9.78 Å². The lowest BCUT2D eigenvalue weighted by Crippen LogP contribution is -2.26. The van der Waals surface area contributed by atoms with Crippen molar-refractivity contribution in [2.75, 3.05) is 12.4 Å². The number of methoxy groups -OCH3 is 1. The molecule has 0 bridgehead atoms. The molecule has 0 radical (unpaired) electrons. The van der Waals surface area contributed by atoms with Gasteiger partial charge < -0.3 is 14.5 Å². The second kappa shape index (κ2) is 8.43. The van der Waals surface area contributed by atoms with E-state index in [1.54, 1.807) is 30.3 Å². The molecule has 0 unspecified atom stereocenters. The molecule has 3 aromatic heterocycles. The minimum Gasteiger partial charge on any atom is -0.494 e. The zero-order valence-electron chi connectivity index (χ0n) is 17.7. The predicted octanol–water partition coefficient (Wildman–Crippen LogP) is 3.81. The molecule has 0 aliphatic heterocycles. The molecule has 33 heavy (non-hydrogen) atoms. The van der Waals surface area contributed by atoms with E-state index in [1.165, 1.54) is 17.9 Å². The maximum Gasteiger partial charge on any atom is 0.280 e. The molecule has 1 amide bonds. The van der Waals surface area contributed by atoms with Gasteiger partial charge in [-0.1, -0.05) is 42.5 Å². The van der Waals surface area contributed by atoms with E-state index in [2.05, 4.69) is 15.4 Å². The average molecular weight is 437 g/mol. The van der Waals surface area contributed by atoms with Crippen molar-refractivity contribution in [1.29, 1.82) is 0 Å². The number of imidazole rings is 1. The number of amides is 1. The first-order valence-corrected chi connectivity index (χ1v) is 10.2. The molecule has 3 heterocycles. The number of rotatable bonds is 5. The van der Waals surface area contributed by atoms with Crippen molar-refractivity contribution in [2.45, 2.75) is 0 Å². The number of pyridine rings is 1. The number of nitrogens with one attached hydrogen (secondary N) is 1. The Hall–Kier alpha value is -4.72. The Bertz CT molecular complexity index is 1490. The van der Waals surface area contributed by atoms with Crippen molar-refractivity contribution in [3.63, 3.8) is 0 Å². The number of carbonyl (C=O) groups excluding carboxylic acids is 1. The Morgan fingerprint density at radius 2 is 1.73 bits per heavy atom. The fourth-order valence-electron chi connectivity index (χ4n) is 3.57. The minimum atomic E-state index is -0.507. The van der Waals surface area contributed by atoms with E-state index in [9.17, 15) is 9.59 Å². The second-order valence-electron chi connectivity index (χ2n) is 7.24. The Morgan fingerprint density at radius 3 is 2.52 bits per heavy atom. The summed E-state index contributed by atoms with van der Waals surface area (Å²) >= 11 is 0. The molecule has 0 saturated carbocycles. The van der Waals surface area contributed by atoms with Gasteiger partial charge in [-0.15, -0.1) is 0 Å². The standard InChI is InChI=1S/C25H19N5O3/c1-33-21-15-23(31)30(17-9-3-2-4-10-17)28-24(21)25(32)27-19-12-6-5-11-18(19)20-16-29-14-8-7-13-22(29)26-20/h2-16H,1H3,(H,27,32). The molecule has 0 saturated heterocycles. The maximum atomic E-state index is 13.2. The highest BCUT2D eigenvalue weighted by Gasteiger charge is 2.20. The van der Waals surface area contributed by atoms with Crippen molar-refractivity contribution in [3.05, 3.63) is 107 Å². The van der Waals surface area contributed by atoms with Gasteiger partial charge in [0.05, 0.1) is 30.2 Å². The first-order valence-electron chi connectivity index (χ1n) is 10.2. The fraction of sp³-hybridized carbons (Fsp3) is 0.0400. The maximum absolute atomic E-state index is 13.2. The molecule has 2 aromatic carbocycles. The summed E-state index contributed by atoms with van der Waals surface area (Å²) in [5.41, 5.74) is 2.96. The molecular weight excluding hydrogens is 418 g/mol. The summed E-state index contributed by atoms with van der Waals surface area (Å²) in [6.45, 7) is 0. The average Bonchev–Trinajstić information content (AvgIpc) is 3.28. The summed E-state index contributed by atoms with van der Waals surface area (Å²) in [5, 5.41) is 7.19. The number of nitrogens with zero attached hydrogens (tertiary/aromatic N) is 4. The van der Waals surface area contributed by atoms with Crippen LogP contribution in [0.1, 0.15) is 10.5 Å². The number of anilines is 1. The molecule has 0 spiro atoms. The molecular formula is C25H19N5O3. The molecule has 1 N–H and O–H groups in total. The van der Waals surface area contributed by atoms with Crippen LogP contribution >= 0.6 is 0 Å². The zero-order chi connectivity index (χ0) is 22.8. The van der Waals surface area contributed by atoms with Gasteiger partial charge >= 0.3 is 0 Å². The van der Waals surface area contributed by atoms with Crippen LogP contribution in [-0.2, 0) is 0 Å².